The van der Waals surface area contributed by atoms with Crippen LogP contribution in [0.2, 0.25) is 0 Å². The van der Waals surface area contributed by atoms with Crippen LogP contribution in [0, 0.1) is 0 Å². The molecule has 128 valence electrons. The molecule has 23 heavy (non-hydrogen) atoms. The number of aliphatic imine (C=N–C) groups is 1. The first-order valence-corrected chi connectivity index (χ1v) is 9.26. The van der Waals surface area contributed by atoms with Gasteiger partial charge in [0, 0.05) is 25.4 Å². The fourth-order valence-electron chi connectivity index (χ4n) is 3.05. The molecule has 6 heteroatoms. The predicted molar refractivity (Wildman–Crippen MR) is 109 cm³/mol. The summed E-state index contributed by atoms with van der Waals surface area (Å²) in [7, 11) is 0. The number of thioether (sulfide) groups is 1. The second-order valence-electron chi connectivity index (χ2n) is 6.14. The summed E-state index contributed by atoms with van der Waals surface area (Å²) in [4.78, 5) is 7.03. The van der Waals surface area contributed by atoms with Crippen LogP contribution >= 0.6 is 35.7 Å². The van der Waals surface area contributed by atoms with Crippen molar-refractivity contribution in [2.45, 2.75) is 31.9 Å². The standard InChI is InChI=1S/C17H25N3OS.HI/c1-2-18-16(19-12-17(21)8-10-22-13-17)20-9-7-14-5-3-4-6-15(14)11-20;/h3-6,21H,2,7-13H2,1H3,(H,18,19);1H. The van der Waals surface area contributed by atoms with E-state index in [1.165, 1.54) is 11.1 Å². The Hall–Kier alpha value is -0.470. The van der Waals surface area contributed by atoms with Gasteiger partial charge in [-0.15, -0.1) is 24.0 Å². The van der Waals surface area contributed by atoms with Gasteiger partial charge >= 0.3 is 0 Å². The minimum absolute atomic E-state index is 0. The molecule has 0 aliphatic carbocycles. The van der Waals surface area contributed by atoms with Gasteiger partial charge in [-0.2, -0.15) is 11.8 Å². The van der Waals surface area contributed by atoms with Crippen LogP contribution < -0.4 is 5.32 Å². The highest BCUT2D eigenvalue weighted by atomic mass is 127. The number of nitrogens with one attached hydrogen (secondary N) is 1. The van der Waals surface area contributed by atoms with Gasteiger partial charge in [-0.25, -0.2) is 0 Å². The van der Waals surface area contributed by atoms with Crippen LogP contribution in [-0.4, -0.2) is 52.7 Å². The molecule has 2 aliphatic rings. The summed E-state index contributed by atoms with van der Waals surface area (Å²) in [6.45, 7) is 5.32. The summed E-state index contributed by atoms with van der Waals surface area (Å²) in [5.74, 6) is 2.78. The highest BCUT2D eigenvalue weighted by Gasteiger charge is 2.32. The molecule has 2 heterocycles. The topological polar surface area (TPSA) is 47.9 Å². The van der Waals surface area contributed by atoms with E-state index in [0.29, 0.717) is 6.54 Å². The monoisotopic (exact) mass is 447 g/mol. The van der Waals surface area contributed by atoms with Crippen molar-refractivity contribution < 1.29 is 5.11 Å². The Kier molecular flexibility index (Phi) is 7.03. The first-order valence-electron chi connectivity index (χ1n) is 8.10. The molecule has 2 N–H and O–H groups in total. The van der Waals surface area contributed by atoms with Crippen LogP contribution in [0.1, 0.15) is 24.5 Å². The normalized spacial score (nSPS) is 24.1. The molecule has 0 bridgehead atoms. The van der Waals surface area contributed by atoms with Crippen molar-refractivity contribution in [2.24, 2.45) is 4.99 Å². The summed E-state index contributed by atoms with van der Waals surface area (Å²) >= 11 is 1.82. The Labute approximate surface area is 160 Å². The molecular formula is C17H26IN3OS. The molecule has 0 radical (unpaired) electrons. The molecule has 0 saturated carbocycles. The molecule has 4 nitrogen and oxygen atoms in total. The van der Waals surface area contributed by atoms with Gasteiger partial charge < -0.3 is 15.3 Å². The minimum Gasteiger partial charge on any atom is -0.387 e. The van der Waals surface area contributed by atoms with Crippen LogP contribution in [-0.2, 0) is 13.0 Å². The van der Waals surface area contributed by atoms with E-state index < -0.39 is 5.60 Å². The van der Waals surface area contributed by atoms with Crippen LogP contribution in [0.25, 0.3) is 0 Å². The Morgan fingerprint density at radius 3 is 2.87 bits per heavy atom. The highest BCUT2D eigenvalue weighted by molar-refractivity contribution is 14.0. The fourth-order valence-corrected chi connectivity index (χ4v) is 4.33. The zero-order valence-electron chi connectivity index (χ0n) is 13.6. The van der Waals surface area contributed by atoms with Crippen molar-refractivity contribution in [1.29, 1.82) is 0 Å². The summed E-state index contributed by atoms with van der Waals surface area (Å²) in [5, 5.41) is 13.9. The van der Waals surface area contributed by atoms with Crippen LogP contribution in [0.4, 0.5) is 0 Å². The number of guanidine groups is 1. The SMILES string of the molecule is CCNC(=NCC1(O)CCSC1)N1CCc2ccccc2C1.I. The Balaban J connectivity index is 0.00000192. The van der Waals surface area contributed by atoms with Crippen molar-refractivity contribution in [2.75, 3.05) is 31.1 Å². The van der Waals surface area contributed by atoms with Crippen LogP contribution in [0.5, 0.6) is 0 Å². The third kappa shape index (κ3) is 4.76. The number of hydrogen-bond donors (Lipinski definition) is 2. The van der Waals surface area contributed by atoms with E-state index in [1.54, 1.807) is 0 Å². The maximum absolute atomic E-state index is 10.5. The Morgan fingerprint density at radius 1 is 1.39 bits per heavy atom. The predicted octanol–water partition coefficient (Wildman–Crippen LogP) is 2.50. The molecular weight excluding hydrogens is 421 g/mol. The number of fused-ring (bicyclic) bond motifs is 1. The summed E-state index contributed by atoms with van der Waals surface area (Å²) in [5.41, 5.74) is 2.22. The smallest absolute Gasteiger partial charge is 0.194 e. The average Bonchev–Trinajstić information content (AvgIpc) is 2.98. The van der Waals surface area contributed by atoms with Crippen molar-refractivity contribution in [1.82, 2.24) is 10.2 Å². The molecule has 1 fully saturated rings. The zero-order chi connectivity index (χ0) is 15.4. The largest absolute Gasteiger partial charge is 0.387 e. The molecule has 0 spiro atoms. The van der Waals surface area contributed by atoms with Crippen molar-refractivity contribution >= 4 is 41.7 Å². The number of nitrogens with zero attached hydrogens (tertiary/aromatic N) is 2. The molecule has 1 aromatic rings. The summed E-state index contributed by atoms with van der Waals surface area (Å²) in [6.07, 6.45) is 1.91. The van der Waals surface area contributed by atoms with Gasteiger partial charge in [0.1, 0.15) is 0 Å². The van der Waals surface area contributed by atoms with Crippen molar-refractivity contribution in [3.05, 3.63) is 35.4 Å². The fraction of sp³-hybridized carbons (Fsp3) is 0.588. The van der Waals surface area contributed by atoms with Crippen LogP contribution in [0.3, 0.4) is 0 Å². The molecule has 1 unspecified atom stereocenters. The lowest BCUT2D eigenvalue weighted by Gasteiger charge is -2.32. The molecule has 1 atom stereocenters. The molecule has 3 rings (SSSR count). The number of aliphatic hydroxyl groups is 1. The van der Waals surface area contributed by atoms with Gasteiger partial charge in [-0.3, -0.25) is 4.99 Å². The van der Waals surface area contributed by atoms with Gasteiger partial charge in [-0.05, 0) is 36.6 Å². The van der Waals surface area contributed by atoms with Crippen molar-refractivity contribution in [3.63, 3.8) is 0 Å². The lowest BCUT2D eigenvalue weighted by atomic mass is 10.0. The molecule has 0 amide bonds. The molecule has 2 aliphatic heterocycles. The number of hydrogen-bond acceptors (Lipinski definition) is 3. The minimum atomic E-state index is -0.612. The van der Waals surface area contributed by atoms with Crippen molar-refractivity contribution in [3.8, 4) is 0 Å². The van der Waals surface area contributed by atoms with E-state index in [-0.39, 0.29) is 24.0 Å². The van der Waals surface area contributed by atoms with E-state index >= 15 is 0 Å². The number of halogens is 1. The van der Waals surface area contributed by atoms with E-state index in [1.807, 2.05) is 11.8 Å². The second-order valence-corrected chi connectivity index (χ2v) is 7.24. The maximum atomic E-state index is 10.5. The maximum Gasteiger partial charge on any atom is 0.194 e. The summed E-state index contributed by atoms with van der Waals surface area (Å²) < 4.78 is 0. The Bertz CT molecular complexity index is 546. The zero-order valence-corrected chi connectivity index (χ0v) is 16.8. The lowest BCUT2D eigenvalue weighted by molar-refractivity contribution is 0.0775. The molecule has 1 saturated heterocycles. The average molecular weight is 447 g/mol. The van der Waals surface area contributed by atoms with E-state index in [9.17, 15) is 5.11 Å². The molecule has 1 aromatic carbocycles. The third-order valence-corrected chi connectivity index (χ3v) is 5.60. The Morgan fingerprint density at radius 2 is 2.17 bits per heavy atom. The number of rotatable bonds is 3. The van der Waals surface area contributed by atoms with Gasteiger partial charge in [0.05, 0.1) is 12.1 Å². The molecule has 0 aromatic heterocycles. The number of benzene rings is 1. The first kappa shape index (κ1) is 18.9. The highest BCUT2D eigenvalue weighted by Crippen LogP contribution is 2.28. The van der Waals surface area contributed by atoms with Gasteiger partial charge in [0.15, 0.2) is 5.96 Å². The van der Waals surface area contributed by atoms with E-state index in [4.69, 9.17) is 4.99 Å². The van der Waals surface area contributed by atoms with Gasteiger partial charge in [-0.1, -0.05) is 24.3 Å². The lowest BCUT2D eigenvalue weighted by Crippen LogP contribution is -2.45. The van der Waals surface area contributed by atoms with Gasteiger partial charge in [0.25, 0.3) is 0 Å². The summed E-state index contributed by atoms with van der Waals surface area (Å²) in [6, 6.07) is 8.63. The third-order valence-electron chi connectivity index (χ3n) is 4.37. The second kappa shape index (κ2) is 8.58. The van der Waals surface area contributed by atoms with E-state index in [0.717, 1.165) is 49.9 Å². The van der Waals surface area contributed by atoms with E-state index in [2.05, 4.69) is 41.4 Å². The first-order chi connectivity index (χ1) is 10.7. The quantitative estimate of drug-likeness (QED) is 0.425. The van der Waals surface area contributed by atoms with Gasteiger partial charge in [0.2, 0.25) is 0 Å². The van der Waals surface area contributed by atoms with Crippen LogP contribution in [0.15, 0.2) is 29.3 Å².